The third-order valence-corrected chi connectivity index (χ3v) is 3.39. The van der Waals surface area contributed by atoms with Crippen LogP contribution in [-0.4, -0.2) is 19.8 Å². The molecule has 0 spiro atoms. The minimum absolute atomic E-state index is 0. The molecular formula is C22H36O3Ti. The van der Waals surface area contributed by atoms with Crippen LogP contribution in [0.3, 0.4) is 0 Å². The van der Waals surface area contributed by atoms with E-state index < -0.39 is 0 Å². The molecule has 0 saturated heterocycles. The molecule has 0 aliphatic heterocycles. The van der Waals surface area contributed by atoms with Gasteiger partial charge in [-0.2, -0.15) is 12.1 Å². The molecule has 0 aliphatic rings. The summed E-state index contributed by atoms with van der Waals surface area (Å²) >= 11 is 0. The number of rotatable bonds is 6. The van der Waals surface area contributed by atoms with Crippen molar-refractivity contribution in [3.8, 4) is 0 Å². The predicted molar refractivity (Wildman–Crippen MR) is 104 cm³/mol. The van der Waals surface area contributed by atoms with Gasteiger partial charge in [0.2, 0.25) is 0 Å². The van der Waals surface area contributed by atoms with Crippen LogP contribution in [0, 0.1) is 6.92 Å². The van der Waals surface area contributed by atoms with Crippen molar-refractivity contribution < 1.29 is 37.0 Å². The van der Waals surface area contributed by atoms with E-state index in [1.807, 2.05) is 20.8 Å². The Morgan fingerprint density at radius 1 is 0.769 bits per heavy atom. The topological polar surface area (TPSA) is 69.2 Å². The van der Waals surface area contributed by atoms with Gasteiger partial charge in [-0.05, 0) is 6.92 Å². The summed E-state index contributed by atoms with van der Waals surface area (Å²) in [6.07, 6.45) is 5.59. The number of hydrogen-bond donors (Lipinski definition) is 0. The molecule has 2 aromatic carbocycles. The van der Waals surface area contributed by atoms with Crippen molar-refractivity contribution >= 4 is 10.8 Å². The molecule has 2 aromatic rings. The van der Waals surface area contributed by atoms with Crippen molar-refractivity contribution in [3.05, 3.63) is 42.0 Å². The maximum absolute atomic E-state index is 9.53. The smallest absolute Gasteiger partial charge is 0.854 e. The average molecular weight is 396 g/mol. The summed E-state index contributed by atoms with van der Waals surface area (Å²) in [5.74, 6) is 0. The summed E-state index contributed by atoms with van der Waals surface area (Å²) in [5, 5.41) is 31.3. The molecular weight excluding hydrogens is 360 g/mol. The van der Waals surface area contributed by atoms with E-state index in [-0.39, 0.29) is 41.5 Å². The fourth-order valence-electron chi connectivity index (χ4n) is 1.76. The van der Waals surface area contributed by atoms with Crippen molar-refractivity contribution in [2.24, 2.45) is 0 Å². The van der Waals surface area contributed by atoms with E-state index in [0.29, 0.717) is 0 Å². The first kappa shape index (κ1) is 30.2. The second kappa shape index (κ2) is 24.4. The Morgan fingerprint density at radius 3 is 1.54 bits per heavy atom. The molecule has 0 N–H and O–H groups in total. The molecule has 4 heteroatoms. The predicted octanol–water partition coefficient (Wildman–Crippen LogP) is 3.31. The van der Waals surface area contributed by atoms with Crippen LogP contribution in [-0.2, 0) is 21.7 Å². The van der Waals surface area contributed by atoms with Gasteiger partial charge in [-0.3, -0.25) is 0 Å². The summed E-state index contributed by atoms with van der Waals surface area (Å²) in [5.41, 5.74) is 1.36. The quantitative estimate of drug-likeness (QED) is 0.556. The van der Waals surface area contributed by atoms with Gasteiger partial charge in [0, 0.05) is 0 Å². The number of benzene rings is 1. The van der Waals surface area contributed by atoms with Gasteiger partial charge in [0.05, 0.1) is 0 Å². The van der Waals surface area contributed by atoms with Gasteiger partial charge in [0.25, 0.3) is 0 Å². The zero-order valence-corrected chi connectivity index (χ0v) is 18.6. The van der Waals surface area contributed by atoms with Crippen LogP contribution in [0.15, 0.2) is 36.4 Å². The SMILES string of the molecule is CCCC[O-].CCCC[O-].CCCC[O-].Cc1cccc2[cH-]ccc12.[Ti+4]. The Balaban J connectivity index is -0.000000290. The largest absolute Gasteiger partial charge is 4.00 e. The van der Waals surface area contributed by atoms with Gasteiger partial charge in [-0.25, -0.2) is 0 Å². The molecule has 0 aliphatic carbocycles. The van der Waals surface area contributed by atoms with Gasteiger partial charge in [-0.1, -0.05) is 70.9 Å². The Morgan fingerprint density at radius 2 is 1.23 bits per heavy atom. The summed E-state index contributed by atoms with van der Waals surface area (Å²) in [6, 6.07) is 12.8. The molecule has 0 atom stereocenters. The summed E-state index contributed by atoms with van der Waals surface area (Å²) in [6.45, 7) is 8.46. The zero-order chi connectivity index (χ0) is 19.3. The van der Waals surface area contributed by atoms with Gasteiger partial charge < -0.3 is 15.3 Å². The minimum Gasteiger partial charge on any atom is -0.854 e. The van der Waals surface area contributed by atoms with Crippen LogP contribution < -0.4 is 15.3 Å². The van der Waals surface area contributed by atoms with Crippen LogP contribution in [0.4, 0.5) is 0 Å². The van der Waals surface area contributed by atoms with Gasteiger partial charge in [0.15, 0.2) is 0 Å². The average Bonchev–Trinajstić information content (AvgIpc) is 3.09. The van der Waals surface area contributed by atoms with E-state index in [4.69, 9.17) is 0 Å². The second-order valence-corrected chi connectivity index (χ2v) is 5.78. The van der Waals surface area contributed by atoms with Crippen molar-refractivity contribution in [3.63, 3.8) is 0 Å². The standard InChI is InChI=1S/C10H9.3C4H9O.Ti/c1-8-4-2-5-9-6-3-7-10(8)9;3*1-2-3-4-5;/h2-7H,1H3;3*2-4H2,1H3;/q4*-1;+4. The third kappa shape index (κ3) is 18.2. The zero-order valence-electron chi connectivity index (χ0n) is 17.1. The maximum Gasteiger partial charge on any atom is 4.00 e. The maximum atomic E-state index is 9.53. The van der Waals surface area contributed by atoms with Crippen LogP contribution in [0.2, 0.25) is 0 Å². The molecule has 0 radical (unpaired) electrons. The third-order valence-electron chi connectivity index (χ3n) is 3.39. The molecule has 0 amide bonds. The van der Waals surface area contributed by atoms with E-state index >= 15 is 0 Å². The van der Waals surface area contributed by atoms with Crippen LogP contribution in [0.1, 0.15) is 64.9 Å². The van der Waals surface area contributed by atoms with E-state index in [1.54, 1.807) is 0 Å². The second-order valence-electron chi connectivity index (χ2n) is 5.78. The van der Waals surface area contributed by atoms with Crippen molar-refractivity contribution in [1.82, 2.24) is 0 Å². The first-order valence-corrected chi connectivity index (χ1v) is 9.48. The van der Waals surface area contributed by atoms with Gasteiger partial charge in [-0.15, -0.1) is 48.8 Å². The number of fused-ring (bicyclic) bond motifs is 1. The Hall–Kier alpha value is -0.576. The molecule has 3 nitrogen and oxygen atoms in total. The molecule has 0 bridgehead atoms. The summed E-state index contributed by atoms with van der Waals surface area (Å²) in [4.78, 5) is 0. The van der Waals surface area contributed by atoms with Crippen LogP contribution >= 0.6 is 0 Å². The van der Waals surface area contributed by atoms with Crippen LogP contribution in [0.25, 0.3) is 10.8 Å². The molecule has 2 rings (SSSR count). The minimum atomic E-state index is 0. The fourth-order valence-corrected chi connectivity index (χ4v) is 1.76. The fraction of sp³-hybridized carbons (Fsp3) is 0.591. The normalized spacial score (nSPS) is 8.88. The molecule has 0 unspecified atom stereocenters. The molecule has 0 fully saturated rings. The Kier molecular flexibility index (Phi) is 28.3. The van der Waals surface area contributed by atoms with E-state index in [0.717, 1.165) is 38.5 Å². The summed E-state index contributed by atoms with van der Waals surface area (Å²) < 4.78 is 0. The Bertz CT molecular complexity index is 463. The first-order chi connectivity index (χ1) is 12.1. The van der Waals surface area contributed by atoms with Crippen LogP contribution in [0.5, 0.6) is 0 Å². The van der Waals surface area contributed by atoms with Crippen molar-refractivity contribution in [2.75, 3.05) is 19.8 Å². The molecule has 0 heterocycles. The molecule has 146 valence electrons. The Labute approximate surface area is 175 Å². The molecule has 0 aromatic heterocycles. The summed E-state index contributed by atoms with van der Waals surface area (Å²) in [7, 11) is 0. The molecule has 0 saturated carbocycles. The monoisotopic (exact) mass is 396 g/mol. The van der Waals surface area contributed by atoms with Gasteiger partial charge in [0.1, 0.15) is 0 Å². The van der Waals surface area contributed by atoms with Gasteiger partial charge >= 0.3 is 21.7 Å². The molecule has 26 heavy (non-hydrogen) atoms. The van der Waals surface area contributed by atoms with E-state index in [9.17, 15) is 15.3 Å². The van der Waals surface area contributed by atoms with Crippen molar-refractivity contribution in [1.29, 1.82) is 0 Å². The first-order valence-electron chi connectivity index (χ1n) is 9.48. The number of aryl methyl sites for hydroxylation is 1. The van der Waals surface area contributed by atoms with Crippen molar-refractivity contribution in [2.45, 2.75) is 66.2 Å². The number of hydrogen-bond acceptors (Lipinski definition) is 3. The van der Waals surface area contributed by atoms with E-state index in [1.165, 1.54) is 16.3 Å². The number of unbranched alkanes of at least 4 members (excludes halogenated alkanes) is 3. The van der Waals surface area contributed by atoms with E-state index in [2.05, 4.69) is 43.3 Å².